The van der Waals surface area contributed by atoms with Crippen LogP contribution in [0.4, 0.5) is 0 Å². The molecule has 1 aliphatic rings. The van der Waals surface area contributed by atoms with Crippen LogP contribution in [-0.4, -0.2) is 24.5 Å². The number of hydrogen-bond acceptors (Lipinski definition) is 1. The largest absolute Gasteiger partial charge is 0.303 e. The fourth-order valence-corrected chi connectivity index (χ4v) is 1.97. The van der Waals surface area contributed by atoms with Crippen molar-refractivity contribution in [3.63, 3.8) is 0 Å². The van der Waals surface area contributed by atoms with Crippen LogP contribution in [0.25, 0.3) is 0 Å². The number of likely N-dealkylation sites (tertiary alicyclic amines) is 1. The van der Waals surface area contributed by atoms with E-state index in [4.69, 9.17) is 0 Å². The summed E-state index contributed by atoms with van der Waals surface area (Å²) in [4.78, 5) is 2.59. The van der Waals surface area contributed by atoms with Crippen molar-refractivity contribution >= 4 is 0 Å². The van der Waals surface area contributed by atoms with E-state index >= 15 is 0 Å². The third-order valence-corrected chi connectivity index (χ3v) is 2.74. The third-order valence-electron chi connectivity index (χ3n) is 2.74. The lowest BCUT2D eigenvalue weighted by molar-refractivity contribution is 0.249. The summed E-state index contributed by atoms with van der Waals surface area (Å²) in [6, 6.07) is 0. The molecule has 1 saturated heterocycles. The summed E-state index contributed by atoms with van der Waals surface area (Å²) < 4.78 is 0. The third kappa shape index (κ3) is 2.82. The van der Waals surface area contributed by atoms with Gasteiger partial charge in [0.25, 0.3) is 0 Å². The summed E-state index contributed by atoms with van der Waals surface area (Å²) in [5.41, 5.74) is 0. The van der Waals surface area contributed by atoms with Crippen LogP contribution in [0, 0.1) is 11.8 Å². The molecule has 0 N–H and O–H groups in total. The molecule has 0 spiro atoms. The van der Waals surface area contributed by atoms with Crippen molar-refractivity contribution in [2.24, 2.45) is 11.8 Å². The molecule has 1 unspecified atom stereocenters. The average molecular weight is 155 g/mol. The van der Waals surface area contributed by atoms with Gasteiger partial charge in [-0.15, -0.1) is 0 Å². The van der Waals surface area contributed by atoms with Crippen LogP contribution in [0.5, 0.6) is 0 Å². The van der Waals surface area contributed by atoms with Gasteiger partial charge in [-0.05, 0) is 31.2 Å². The first-order valence-electron chi connectivity index (χ1n) is 4.94. The Kier molecular flexibility index (Phi) is 3.38. The molecule has 1 fully saturated rings. The molecule has 0 bridgehead atoms. The molecular formula is C10H21N. The second kappa shape index (κ2) is 4.10. The van der Waals surface area contributed by atoms with Crippen molar-refractivity contribution in [1.29, 1.82) is 0 Å². The lowest BCUT2D eigenvalue weighted by Gasteiger charge is -2.21. The van der Waals surface area contributed by atoms with Crippen molar-refractivity contribution in [2.75, 3.05) is 19.6 Å². The number of hydrogen-bond donors (Lipinski definition) is 0. The summed E-state index contributed by atoms with van der Waals surface area (Å²) >= 11 is 0. The molecule has 0 saturated carbocycles. The second-order valence-corrected chi connectivity index (χ2v) is 4.14. The molecule has 0 aliphatic carbocycles. The smallest absolute Gasteiger partial charge is 0.000702 e. The van der Waals surface area contributed by atoms with Crippen LogP contribution in [0.3, 0.4) is 0 Å². The van der Waals surface area contributed by atoms with Crippen LogP contribution in [0.2, 0.25) is 0 Å². The van der Waals surface area contributed by atoms with Crippen LogP contribution in [-0.2, 0) is 0 Å². The molecule has 11 heavy (non-hydrogen) atoms. The molecule has 0 amide bonds. The second-order valence-electron chi connectivity index (χ2n) is 4.14. The Labute approximate surface area is 70.8 Å². The van der Waals surface area contributed by atoms with Crippen LogP contribution in [0.15, 0.2) is 0 Å². The van der Waals surface area contributed by atoms with Gasteiger partial charge in [-0.25, -0.2) is 0 Å². The maximum Gasteiger partial charge on any atom is 0.000702 e. The van der Waals surface area contributed by atoms with Crippen LogP contribution < -0.4 is 0 Å². The van der Waals surface area contributed by atoms with Gasteiger partial charge >= 0.3 is 0 Å². The zero-order valence-corrected chi connectivity index (χ0v) is 8.14. The Morgan fingerprint density at radius 1 is 1.09 bits per heavy atom. The topological polar surface area (TPSA) is 3.24 Å². The van der Waals surface area contributed by atoms with Gasteiger partial charge in [0.2, 0.25) is 0 Å². The number of rotatable bonds is 1. The van der Waals surface area contributed by atoms with Gasteiger partial charge in [0.05, 0.1) is 0 Å². The zero-order valence-electron chi connectivity index (χ0n) is 8.14. The lowest BCUT2D eigenvalue weighted by Crippen LogP contribution is -2.29. The summed E-state index contributed by atoms with van der Waals surface area (Å²) in [6.07, 6.45) is 2.86. The SMILES string of the molecule is CCN1CC(C)CC[C@H](C)C1. The summed E-state index contributed by atoms with van der Waals surface area (Å²) in [5, 5.41) is 0. The van der Waals surface area contributed by atoms with Gasteiger partial charge in [0.15, 0.2) is 0 Å². The van der Waals surface area contributed by atoms with Crippen LogP contribution >= 0.6 is 0 Å². The maximum atomic E-state index is 2.59. The van der Waals surface area contributed by atoms with Crippen molar-refractivity contribution in [3.8, 4) is 0 Å². The van der Waals surface area contributed by atoms with Gasteiger partial charge in [-0.3, -0.25) is 0 Å². The van der Waals surface area contributed by atoms with E-state index in [1.807, 2.05) is 0 Å². The van der Waals surface area contributed by atoms with E-state index in [9.17, 15) is 0 Å². The van der Waals surface area contributed by atoms with E-state index in [1.54, 1.807) is 0 Å². The summed E-state index contributed by atoms with van der Waals surface area (Å²) in [7, 11) is 0. The first-order valence-corrected chi connectivity index (χ1v) is 4.94. The van der Waals surface area contributed by atoms with E-state index in [1.165, 1.54) is 32.5 Å². The molecule has 0 aromatic carbocycles. The monoisotopic (exact) mass is 155 g/mol. The Morgan fingerprint density at radius 3 is 1.91 bits per heavy atom. The average Bonchev–Trinajstić information content (AvgIpc) is 2.13. The molecule has 1 rings (SSSR count). The van der Waals surface area contributed by atoms with Gasteiger partial charge < -0.3 is 4.90 Å². The Morgan fingerprint density at radius 2 is 1.55 bits per heavy atom. The minimum atomic E-state index is 0.917. The van der Waals surface area contributed by atoms with E-state index < -0.39 is 0 Å². The summed E-state index contributed by atoms with van der Waals surface area (Å²) in [6.45, 7) is 10.9. The molecule has 0 radical (unpaired) electrons. The highest BCUT2D eigenvalue weighted by Crippen LogP contribution is 2.19. The van der Waals surface area contributed by atoms with Crippen molar-refractivity contribution in [2.45, 2.75) is 33.6 Å². The molecule has 2 atom stereocenters. The van der Waals surface area contributed by atoms with Crippen molar-refractivity contribution < 1.29 is 0 Å². The first kappa shape index (κ1) is 9.05. The molecule has 0 aromatic heterocycles. The van der Waals surface area contributed by atoms with Crippen molar-refractivity contribution in [3.05, 3.63) is 0 Å². The fraction of sp³-hybridized carbons (Fsp3) is 1.00. The fourth-order valence-electron chi connectivity index (χ4n) is 1.97. The maximum absolute atomic E-state index is 2.59. The molecule has 1 heterocycles. The minimum Gasteiger partial charge on any atom is -0.303 e. The molecule has 0 aromatic rings. The highest BCUT2D eigenvalue weighted by Gasteiger charge is 2.17. The Balaban J connectivity index is 2.41. The van der Waals surface area contributed by atoms with E-state index in [0.29, 0.717) is 0 Å². The predicted octanol–water partition coefficient (Wildman–Crippen LogP) is 2.37. The van der Waals surface area contributed by atoms with Gasteiger partial charge in [0.1, 0.15) is 0 Å². The molecular weight excluding hydrogens is 134 g/mol. The Hall–Kier alpha value is -0.0400. The standard InChI is InChI=1S/C10H21N/c1-4-11-7-9(2)5-6-10(3)8-11/h9-10H,4-8H2,1-3H3/t9-,10?/m0/s1. The number of nitrogens with zero attached hydrogens (tertiary/aromatic N) is 1. The van der Waals surface area contributed by atoms with Gasteiger partial charge in [0, 0.05) is 13.1 Å². The summed E-state index contributed by atoms with van der Waals surface area (Å²) in [5.74, 6) is 1.83. The zero-order chi connectivity index (χ0) is 8.27. The van der Waals surface area contributed by atoms with E-state index in [2.05, 4.69) is 25.7 Å². The highest BCUT2D eigenvalue weighted by atomic mass is 15.1. The normalized spacial score (nSPS) is 35.2. The first-order chi connectivity index (χ1) is 5.22. The highest BCUT2D eigenvalue weighted by molar-refractivity contribution is 4.70. The molecule has 1 heteroatoms. The molecule has 66 valence electrons. The molecule has 1 nitrogen and oxygen atoms in total. The van der Waals surface area contributed by atoms with Crippen molar-refractivity contribution in [1.82, 2.24) is 4.90 Å². The van der Waals surface area contributed by atoms with Gasteiger partial charge in [-0.1, -0.05) is 20.8 Å². The lowest BCUT2D eigenvalue weighted by atomic mass is 10.0. The predicted molar refractivity (Wildman–Crippen MR) is 49.7 cm³/mol. The Bertz CT molecular complexity index is 99.4. The van der Waals surface area contributed by atoms with E-state index in [0.717, 1.165) is 11.8 Å². The van der Waals surface area contributed by atoms with Crippen LogP contribution in [0.1, 0.15) is 33.6 Å². The van der Waals surface area contributed by atoms with Gasteiger partial charge in [-0.2, -0.15) is 0 Å². The quantitative estimate of drug-likeness (QED) is 0.562. The minimum absolute atomic E-state index is 0.917. The van der Waals surface area contributed by atoms with E-state index in [-0.39, 0.29) is 0 Å². The molecule has 1 aliphatic heterocycles.